The lowest BCUT2D eigenvalue weighted by Crippen LogP contribution is -2.21. The van der Waals surface area contributed by atoms with E-state index in [9.17, 15) is 9.59 Å². The number of rotatable bonds is 2. The molecule has 0 radical (unpaired) electrons. The second kappa shape index (κ2) is 4.92. The Balaban J connectivity index is 2.27. The molecule has 2 aromatic rings. The van der Waals surface area contributed by atoms with Crippen LogP contribution in [-0.2, 0) is 0 Å². The average molecular weight is 294 g/mol. The lowest BCUT2D eigenvalue weighted by molar-refractivity contribution is 0.102. The van der Waals surface area contributed by atoms with Crippen LogP contribution in [0, 0.1) is 0 Å². The topological polar surface area (TPSA) is 74.8 Å². The van der Waals surface area contributed by atoms with Crippen LogP contribution in [0.4, 0.5) is 5.69 Å². The molecular weight excluding hydrogens is 286 g/mol. The summed E-state index contributed by atoms with van der Waals surface area (Å²) in [5.41, 5.74) is 0.241. The molecule has 0 unspecified atom stereocenters. The number of halogens is 1. The summed E-state index contributed by atoms with van der Waals surface area (Å²) in [7, 11) is 0. The van der Waals surface area contributed by atoms with E-state index in [0.717, 1.165) is 0 Å². The number of pyridine rings is 2. The van der Waals surface area contributed by atoms with Crippen molar-refractivity contribution in [2.45, 2.75) is 0 Å². The third-order valence-corrected chi connectivity index (χ3v) is 2.71. The molecule has 2 N–H and O–H groups in total. The van der Waals surface area contributed by atoms with E-state index in [1.165, 1.54) is 18.5 Å². The first-order chi connectivity index (χ1) is 8.18. The fourth-order valence-electron chi connectivity index (χ4n) is 1.26. The lowest BCUT2D eigenvalue weighted by Gasteiger charge is -2.05. The lowest BCUT2D eigenvalue weighted by atomic mass is 10.2. The highest BCUT2D eigenvalue weighted by Gasteiger charge is 2.11. The van der Waals surface area contributed by atoms with Gasteiger partial charge in [-0.15, -0.1) is 0 Å². The maximum Gasteiger partial charge on any atom is 0.261 e. The van der Waals surface area contributed by atoms with E-state index >= 15 is 0 Å². The van der Waals surface area contributed by atoms with Crippen LogP contribution in [0.25, 0.3) is 0 Å². The second-order valence-corrected chi connectivity index (χ2v) is 3.97. The van der Waals surface area contributed by atoms with E-state index in [1.54, 1.807) is 18.3 Å². The van der Waals surface area contributed by atoms with Crippen molar-refractivity contribution in [2.24, 2.45) is 0 Å². The van der Waals surface area contributed by atoms with E-state index in [2.05, 4.69) is 31.2 Å². The van der Waals surface area contributed by atoms with Crippen molar-refractivity contribution in [1.29, 1.82) is 0 Å². The van der Waals surface area contributed by atoms with Crippen molar-refractivity contribution < 1.29 is 4.79 Å². The normalized spacial score (nSPS) is 9.94. The third kappa shape index (κ3) is 2.59. The molecule has 1 amide bonds. The second-order valence-electron chi connectivity index (χ2n) is 3.22. The number of nitrogens with one attached hydrogen (secondary N) is 2. The van der Waals surface area contributed by atoms with Gasteiger partial charge in [-0.1, -0.05) is 0 Å². The first-order valence-electron chi connectivity index (χ1n) is 4.77. The third-order valence-electron chi connectivity index (χ3n) is 2.08. The first-order valence-corrected chi connectivity index (χ1v) is 5.57. The monoisotopic (exact) mass is 293 g/mol. The molecule has 0 saturated heterocycles. The standard InChI is InChI=1S/C11H8BrN3O2/c12-10-8(2-1-4-14-10)15-11(17)7-6-13-5-3-9(7)16/h1-6H,(H,13,16)(H,15,17). The van der Waals surface area contributed by atoms with Crippen LogP contribution in [0.1, 0.15) is 10.4 Å². The molecular formula is C11H8BrN3O2. The number of aromatic nitrogens is 2. The quantitative estimate of drug-likeness (QED) is 0.829. The Kier molecular flexibility index (Phi) is 3.34. The largest absolute Gasteiger partial charge is 0.367 e. The number of hydrogen-bond donors (Lipinski definition) is 2. The van der Waals surface area contributed by atoms with Gasteiger partial charge in [0.1, 0.15) is 10.2 Å². The Morgan fingerprint density at radius 1 is 1.41 bits per heavy atom. The van der Waals surface area contributed by atoms with Crippen LogP contribution >= 0.6 is 15.9 Å². The number of anilines is 1. The van der Waals surface area contributed by atoms with Gasteiger partial charge in [-0.05, 0) is 28.1 Å². The van der Waals surface area contributed by atoms with E-state index in [4.69, 9.17) is 0 Å². The van der Waals surface area contributed by atoms with Gasteiger partial charge in [0.15, 0.2) is 5.43 Å². The molecule has 2 aromatic heterocycles. The number of aromatic amines is 1. The average Bonchev–Trinajstić information content (AvgIpc) is 2.32. The molecule has 0 aromatic carbocycles. The highest BCUT2D eigenvalue weighted by atomic mass is 79.9. The van der Waals surface area contributed by atoms with Gasteiger partial charge in [-0.3, -0.25) is 9.59 Å². The number of hydrogen-bond acceptors (Lipinski definition) is 3. The van der Waals surface area contributed by atoms with Gasteiger partial charge in [0, 0.05) is 24.7 Å². The molecule has 0 aliphatic rings. The molecule has 2 rings (SSSR count). The van der Waals surface area contributed by atoms with Crippen molar-refractivity contribution in [3.05, 3.63) is 57.2 Å². The number of carbonyl (C=O) groups excluding carboxylic acids is 1. The Labute approximate surface area is 105 Å². The summed E-state index contributed by atoms with van der Waals surface area (Å²) in [4.78, 5) is 29.9. The number of carbonyl (C=O) groups is 1. The Morgan fingerprint density at radius 2 is 2.24 bits per heavy atom. The molecule has 0 bridgehead atoms. The van der Waals surface area contributed by atoms with E-state index in [0.29, 0.717) is 10.3 Å². The maximum atomic E-state index is 11.8. The van der Waals surface area contributed by atoms with Crippen molar-refractivity contribution in [2.75, 3.05) is 5.32 Å². The zero-order chi connectivity index (χ0) is 12.3. The summed E-state index contributed by atoms with van der Waals surface area (Å²) in [6, 6.07) is 4.68. The van der Waals surface area contributed by atoms with Crippen LogP contribution < -0.4 is 10.7 Å². The molecule has 0 spiro atoms. The minimum absolute atomic E-state index is 0.0586. The van der Waals surface area contributed by atoms with Crippen LogP contribution in [0.15, 0.2) is 46.2 Å². The Morgan fingerprint density at radius 3 is 2.94 bits per heavy atom. The van der Waals surface area contributed by atoms with Gasteiger partial charge in [-0.25, -0.2) is 4.98 Å². The van der Waals surface area contributed by atoms with Gasteiger partial charge in [-0.2, -0.15) is 0 Å². The van der Waals surface area contributed by atoms with Crippen LogP contribution in [0.3, 0.4) is 0 Å². The Bertz CT molecular complexity index is 609. The number of nitrogens with zero attached hydrogens (tertiary/aromatic N) is 1. The summed E-state index contributed by atoms with van der Waals surface area (Å²) in [5, 5.41) is 2.60. The Hall–Kier alpha value is -1.95. The van der Waals surface area contributed by atoms with E-state index < -0.39 is 5.91 Å². The molecule has 0 saturated carbocycles. The maximum absolute atomic E-state index is 11.8. The van der Waals surface area contributed by atoms with Crippen LogP contribution in [0.2, 0.25) is 0 Å². The molecule has 86 valence electrons. The van der Waals surface area contributed by atoms with Gasteiger partial charge >= 0.3 is 0 Å². The molecule has 2 heterocycles. The minimum atomic E-state index is -0.472. The van der Waals surface area contributed by atoms with Gasteiger partial charge < -0.3 is 10.3 Å². The predicted molar refractivity (Wildman–Crippen MR) is 67.0 cm³/mol. The smallest absolute Gasteiger partial charge is 0.261 e. The van der Waals surface area contributed by atoms with Crippen LogP contribution in [0.5, 0.6) is 0 Å². The molecule has 0 atom stereocenters. The van der Waals surface area contributed by atoms with Gasteiger partial charge in [0.2, 0.25) is 0 Å². The van der Waals surface area contributed by atoms with Crippen molar-refractivity contribution >= 4 is 27.5 Å². The first kappa shape index (κ1) is 11.5. The summed E-state index contributed by atoms with van der Waals surface area (Å²) in [6.07, 6.45) is 4.43. The predicted octanol–water partition coefficient (Wildman–Crippen LogP) is 1.78. The molecule has 0 aliphatic carbocycles. The van der Waals surface area contributed by atoms with Gasteiger partial charge in [0.25, 0.3) is 5.91 Å². The summed E-state index contributed by atoms with van der Waals surface area (Å²) < 4.78 is 0.515. The molecule has 17 heavy (non-hydrogen) atoms. The molecule has 0 fully saturated rings. The minimum Gasteiger partial charge on any atom is -0.367 e. The van der Waals surface area contributed by atoms with E-state index in [1.807, 2.05) is 0 Å². The van der Waals surface area contributed by atoms with Crippen LogP contribution in [-0.4, -0.2) is 15.9 Å². The number of amides is 1. The molecule has 6 heteroatoms. The van der Waals surface area contributed by atoms with Crippen molar-refractivity contribution in [1.82, 2.24) is 9.97 Å². The summed E-state index contributed by atoms with van der Waals surface area (Å²) in [6.45, 7) is 0. The SMILES string of the molecule is O=C(Nc1cccnc1Br)c1c[nH]ccc1=O. The number of H-pyrrole nitrogens is 1. The summed E-state index contributed by atoms with van der Waals surface area (Å²) in [5.74, 6) is -0.472. The van der Waals surface area contributed by atoms with E-state index in [-0.39, 0.29) is 11.0 Å². The fraction of sp³-hybridized carbons (Fsp3) is 0. The highest BCUT2D eigenvalue weighted by Crippen LogP contribution is 2.18. The van der Waals surface area contributed by atoms with Crippen molar-refractivity contribution in [3.63, 3.8) is 0 Å². The van der Waals surface area contributed by atoms with Crippen molar-refractivity contribution in [3.8, 4) is 0 Å². The fourth-order valence-corrected chi connectivity index (χ4v) is 1.61. The molecule has 5 nitrogen and oxygen atoms in total. The summed E-state index contributed by atoms with van der Waals surface area (Å²) >= 11 is 3.20. The zero-order valence-corrected chi connectivity index (χ0v) is 10.2. The zero-order valence-electron chi connectivity index (χ0n) is 8.61. The molecule has 0 aliphatic heterocycles. The van der Waals surface area contributed by atoms with Gasteiger partial charge in [0.05, 0.1) is 5.69 Å². The highest BCUT2D eigenvalue weighted by molar-refractivity contribution is 9.10.